The minimum absolute atomic E-state index is 0.562. The van der Waals surface area contributed by atoms with Gasteiger partial charge >= 0.3 is 0 Å². The van der Waals surface area contributed by atoms with Crippen LogP contribution in [0.15, 0.2) is 17.4 Å². The van der Waals surface area contributed by atoms with Crippen molar-refractivity contribution in [1.82, 2.24) is 4.98 Å². The molecule has 0 bridgehead atoms. The van der Waals surface area contributed by atoms with E-state index in [1.807, 2.05) is 6.07 Å². The molecule has 4 heteroatoms. The van der Waals surface area contributed by atoms with Crippen molar-refractivity contribution in [1.29, 1.82) is 0 Å². The van der Waals surface area contributed by atoms with Crippen molar-refractivity contribution in [2.45, 2.75) is 19.3 Å². The third kappa shape index (κ3) is 1.43. The molecule has 0 aromatic carbocycles. The number of pyridine rings is 1. The van der Waals surface area contributed by atoms with E-state index in [2.05, 4.69) is 10.1 Å². The Hall–Kier alpha value is -1.58. The Labute approximate surface area is 82.2 Å². The second-order valence-corrected chi connectivity index (χ2v) is 3.28. The summed E-state index contributed by atoms with van der Waals surface area (Å²) in [4.78, 5) is 4.12. The van der Waals surface area contributed by atoms with E-state index in [4.69, 9.17) is 9.94 Å². The molecule has 74 valence electrons. The molecule has 1 N–H and O–H groups in total. The Morgan fingerprint density at radius 2 is 2.36 bits per heavy atom. The lowest BCUT2D eigenvalue weighted by molar-refractivity contribution is 0.317. The summed E-state index contributed by atoms with van der Waals surface area (Å²) in [5.41, 5.74) is 2.82. The van der Waals surface area contributed by atoms with Crippen molar-refractivity contribution >= 4 is 5.71 Å². The highest BCUT2D eigenvalue weighted by Crippen LogP contribution is 2.23. The first-order chi connectivity index (χ1) is 6.85. The number of nitrogens with zero attached hydrogens (tertiary/aromatic N) is 2. The van der Waals surface area contributed by atoms with Crippen molar-refractivity contribution in [2.75, 3.05) is 7.11 Å². The highest BCUT2D eigenvalue weighted by Gasteiger charge is 2.17. The molecule has 1 aromatic rings. The van der Waals surface area contributed by atoms with Gasteiger partial charge in [-0.05, 0) is 24.8 Å². The van der Waals surface area contributed by atoms with E-state index in [9.17, 15) is 0 Å². The standard InChI is InChI=1S/C10H12N2O2/c1-14-10-5-8-7(6-11-10)3-2-4-9(8)12-13/h5-6,13H,2-4H2,1H3/b12-9+. The molecule has 0 spiro atoms. The van der Waals surface area contributed by atoms with Crippen LogP contribution >= 0.6 is 0 Å². The highest BCUT2D eigenvalue weighted by atomic mass is 16.5. The molecule has 0 radical (unpaired) electrons. The van der Waals surface area contributed by atoms with E-state index in [0.717, 1.165) is 36.1 Å². The maximum absolute atomic E-state index is 8.83. The van der Waals surface area contributed by atoms with Gasteiger partial charge in [-0.1, -0.05) is 5.16 Å². The number of fused-ring (bicyclic) bond motifs is 1. The van der Waals surface area contributed by atoms with Crippen molar-refractivity contribution in [2.24, 2.45) is 5.16 Å². The van der Waals surface area contributed by atoms with Gasteiger partial charge in [0, 0.05) is 17.8 Å². The van der Waals surface area contributed by atoms with Gasteiger partial charge in [0.05, 0.1) is 12.8 Å². The topological polar surface area (TPSA) is 54.7 Å². The normalized spacial score (nSPS) is 17.9. The molecule has 0 aliphatic heterocycles. The second-order valence-electron chi connectivity index (χ2n) is 3.28. The molecule has 0 unspecified atom stereocenters. The monoisotopic (exact) mass is 192 g/mol. The summed E-state index contributed by atoms with van der Waals surface area (Å²) >= 11 is 0. The number of oxime groups is 1. The van der Waals surface area contributed by atoms with E-state index in [-0.39, 0.29) is 0 Å². The van der Waals surface area contributed by atoms with Gasteiger partial charge in [0.1, 0.15) is 0 Å². The van der Waals surface area contributed by atoms with Gasteiger partial charge in [-0.2, -0.15) is 0 Å². The molecule has 4 nitrogen and oxygen atoms in total. The van der Waals surface area contributed by atoms with Crippen LogP contribution in [0, 0.1) is 0 Å². The Bertz CT molecular complexity index is 374. The van der Waals surface area contributed by atoms with Gasteiger partial charge in [-0.25, -0.2) is 4.98 Å². The van der Waals surface area contributed by atoms with Crippen LogP contribution in [0.4, 0.5) is 0 Å². The van der Waals surface area contributed by atoms with Gasteiger partial charge in [0.2, 0.25) is 5.88 Å². The molecular formula is C10H12N2O2. The summed E-state index contributed by atoms with van der Waals surface area (Å²) in [7, 11) is 1.58. The zero-order valence-electron chi connectivity index (χ0n) is 8.03. The SMILES string of the molecule is COc1cc2c(cn1)CCC/C2=N\O. The predicted octanol–water partition coefficient (Wildman–Crippen LogP) is 1.60. The van der Waals surface area contributed by atoms with Gasteiger partial charge in [0.25, 0.3) is 0 Å². The smallest absolute Gasteiger partial charge is 0.213 e. The average molecular weight is 192 g/mol. The molecule has 2 rings (SSSR count). The molecule has 1 aliphatic carbocycles. The first-order valence-corrected chi connectivity index (χ1v) is 4.59. The van der Waals surface area contributed by atoms with E-state index in [1.54, 1.807) is 13.3 Å². The summed E-state index contributed by atoms with van der Waals surface area (Å²) in [5.74, 6) is 0.562. The zero-order chi connectivity index (χ0) is 9.97. The number of methoxy groups -OCH3 is 1. The average Bonchev–Trinajstić information content (AvgIpc) is 2.27. The van der Waals surface area contributed by atoms with Crippen LogP contribution in [0.5, 0.6) is 5.88 Å². The van der Waals surface area contributed by atoms with Crippen molar-refractivity contribution in [3.63, 3.8) is 0 Å². The molecule has 0 atom stereocenters. The minimum atomic E-state index is 0.562. The molecule has 1 heterocycles. The fourth-order valence-electron chi connectivity index (χ4n) is 1.73. The Morgan fingerprint density at radius 1 is 1.50 bits per heavy atom. The van der Waals surface area contributed by atoms with Crippen LogP contribution in [0.3, 0.4) is 0 Å². The van der Waals surface area contributed by atoms with Crippen LogP contribution in [0.1, 0.15) is 24.0 Å². The number of hydrogen-bond donors (Lipinski definition) is 1. The Balaban J connectivity index is 2.49. The van der Waals surface area contributed by atoms with Crippen molar-refractivity contribution in [3.8, 4) is 5.88 Å². The second kappa shape index (κ2) is 3.65. The van der Waals surface area contributed by atoms with Crippen molar-refractivity contribution < 1.29 is 9.94 Å². The summed E-state index contributed by atoms with van der Waals surface area (Å²) in [6.07, 6.45) is 4.61. The van der Waals surface area contributed by atoms with E-state index in [0.29, 0.717) is 5.88 Å². The van der Waals surface area contributed by atoms with Gasteiger partial charge in [0.15, 0.2) is 0 Å². The van der Waals surface area contributed by atoms with Crippen LogP contribution in [-0.4, -0.2) is 23.0 Å². The van der Waals surface area contributed by atoms with Crippen LogP contribution in [-0.2, 0) is 6.42 Å². The third-order valence-electron chi connectivity index (χ3n) is 2.46. The number of rotatable bonds is 1. The number of hydrogen-bond acceptors (Lipinski definition) is 4. The molecular weight excluding hydrogens is 180 g/mol. The van der Waals surface area contributed by atoms with E-state index >= 15 is 0 Å². The summed E-state index contributed by atoms with van der Waals surface area (Å²) in [5, 5.41) is 12.1. The van der Waals surface area contributed by atoms with Gasteiger partial charge < -0.3 is 9.94 Å². The molecule has 0 fully saturated rings. The van der Waals surface area contributed by atoms with Crippen LogP contribution < -0.4 is 4.74 Å². The quantitative estimate of drug-likeness (QED) is 0.543. The lowest BCUT2D eigenvalue weighted by Crippen LogP contribution is -2.12. The highest BCUT2D eigenvalue weighted by molar-refractivity contribution is 6.02. The molecule has 0 amide bonds. The molecule has 1 aromatic heterocycles. The Kier molecular flexibility index (Phi) is 2.35. The van der Waals surface area contributed by atoms with Gasteiger partial charge in [-0.3, -0.25) is 0 Å². The van der Waals surface area contributed by atoms with Crippen LogP contribution in [0.2, 0.25) is 0 Å². The van der Waals surface area contributed by atoms with Crippen LogP contribution in [0.25, 0.3) is 0 Å². The molecule has 0 saturated carbocycles. The largest absolute Gasteiger partial charge is 0.481 e. The first-order valence-electron chi connectivity index (χ1n) is 4.59. The molecule has 1 aliphatic rings. The summed E-state index contributed by atoms with van der Waals surface area (Å²) in [6, 6.07) is 1.82. The maximum atomic E-state index is 8.83. The number of aromatic nitrogens is 1. The molecule has 14 heavy (non-hydrogen) atoms. The van der Waals surface area contributed by atoms with E-state index < -0.39 is 0 Å². The third-order valence-corrected chi connectivity index (χ3v) is 2.46. The fourth-order valence-corrected chi connectivity index (χ4v) is 1.73. The minimum Gasteiger partial charge on any atom is -0.481 e. The molecule has 0 saturated heterocycles. The van der Waals surface area contributed by atoms with Crippen molar-refractivity contribution in [3.05, 3.63) is 23.4 Å². The maximum Gasteiger partial charge on any atom is 0.213 e. The summed E-state index contributed by atoms with van der Waals surface area (Å²) in [6.45, 7) is 0. The van der Waals surface area contributed by atoms with E-state index in [1.165, 1.54) is 0 Å². The first kappa shape index (κ1) is 8.99. The number of ether oxygens (including phenoxy) is 1. The predicted molar refractivity (Wildman–Crippen MR) is 52.1 cm³/mol. The fraction of sp³-hybridized carbons (Fsp3) is 0.400. The lowest BCUT2D eigenvalue weighted by atomic mass is 9.92. The summed E-state index contributed by atoms with van der Waals surface area (Å²) < 4.78 is 5.03. The Morgan fingerprint density at radius 3 is 3.07 bits per heavy atom. The van der Waals surface area contributed by atoms with Gasteiger partial charge in [-0.15, -0.1) is 0 Å². The lowest BCUT2D eigenvalue weighted by Gasteiger charge is -2.16. The zero-order valence-corrected chi connectivity index (χ0v) is 8.03. The number of aryl methyl sites for hydroxylation is 1.